The summed E-state index contributed by atoms with van der Waals surface area (Å²) in [7, 11) is 1.96. The van der Waals surface area contributed by atoms with Crippen LogP contribution in [0.4, 0.5) is 10.3 Å². The molecule has 0 bridgehead atoms. The predicted octanol–water partition coefficient (Wildman–Crippen LogP) is 2.09. The lowest BCUT2D eigenvalue weighted by Gasteiger charge is -2.02. The number of fused-ring (bicyclic) bond motifs is 1. The van der Waals surface area contributed by atoms with Gasteiger partial charge >= 0.3 is 0 Å². The molecule has 3 aromatic rings. The smallest absolute Gasteiger partial charge is 0.201 e. The summed E-state index contributed by atoms with van der Waals surface area (Å²) in [6.45, 7) is 0.715. The van der Waals surface area contributed by atoms with Crippen molar-refractivity contribution in [2.24, 2.45) is 7.05 Å². The number of benzene rings is 1. The predicted molar refractivity (Wildman–Crippen MR) is 71.5 cm³/mol. The van der Waals surface area contributed by atoms with Gasteiger partial charge in [0.25, 0.3) is 0 Å². The van der Waals surface area contributed by atoms with E-state index in [-0.39, 0.29) is 5.82 Å². The van der Waals surface area contributed by atoms with Crippen molar-refractivity contribution in [3.05, 3.63) is 42.2 Å². The van der Waals surface area contributed by atoms with Gasteiger partial charge in [0, 0.05) is 32.4 Å². The second-order valence-electron chi connectivity index (χ2n) is 4.38. The Hall–Kier alpha value is -2.37. The van der Waals surface area contributed by atoms with E-state index in [1.54, 1.807) is 12.3 Å². The standard InChI is InChI=1S/C13H14FN5/c1-19-7-6-15-12(19)4-5-16-13-17-10-3-2-9(14)8-11(10)18-13/h2-3,6-8H,4-5H2,1H3,(H2,16,17,18). The highest BCUT2D eigenvalue weighted by atomic mass is 19.1. The van der Waals surface area contributed by atoms with Crippen molar-refractivity contribution in [2.75, 3.05) is 11.9 Å². The molecule has 6 heteroatoms. The SMILES string of the molecule is Cn1ccnc1CCNc1nc2ccc(F)cc2[nH]1. The highest BCUT2D eigenvalue weighted by Crippen LogP contribution is 2.15. The summed E-state index contributed by atoms with van der Waals surface area (Å²) in [4.78, 5) is 11.6. The highest BCUT2D eigenvalue weighted by Gasteiger charge is 2.04. The molecule has 19 heavy (non-hydrogen) atoms. The molecule has 0 atom stereocenters. The topological polar surface area (TPSA) is 58.5 Å². The lowest BCUT2D eigenvalue weighted by atomic mass is 10.3. The quantitative estimate of drug-likeness (QED) is 0.754. The number of anilines is 1. The molecule has 0 fully saturated rings. The number of aromatic amines is 1. The lowest BCUT2D eigenvalue weighted by molar-refractivity contribution is 0.629. The third-order valence-electron chi connectivity index (χ3n) is 3.01. The molecule has 0 aliphatic rings. The number of nitrogens with zero attached hydrogens (tertiary/aromatic N) is 3. The number of hydrogen-bond donors (Lipinski definition) is 2. The first kappa shape index (κ1) is 11.7. The molecule has 0 spiro atoms. The Labute approximate surface area is 109 Å². The number of aromatic nitrogens is 4. The third kappa shape index (κ3) is 2.42. The maximum absolute atomic E-state index is 13.0. The van der Waals surface area contributed by atoms with E-state index in [1.165, 1.54) is 12.1 Å². The Kier molecular flexibility index (Phi) is 2.91. The fraction of sp³-hybridized carbons (Fsp3) is 0.231. The number of aryl methyl sites for hydroxylation is 1. The molecular formula is C13H14FN5. The number of halogens is 1. The zero-order valence-electron chi connectivity index (χ0n) is 10.5. The molecule has 0 saturated heterocycles. The molecule has 1 aromatic carbocycles. The van der Waals surface area contributed by atoms with Gasteiger partial charge in [0.05, 0.1) is 11.0 Å². The van der Waals surface area contributed by atoms with Crippen molar-refractivity contribution in [3.8, 4) is 0 Å². The van der Waals surface area contributed by atoms with Crippen LogP contribution in [-0.2, 0) is 13.5 Å². The molecular weight excluding hydrogens is 245 g/mol. The van der Waals surface area contributed by atoms with Crippen molar-refractivity contribution >= 4 is 17.0 Å². The van der Waals surface area contributed by atoms with Crippen LogP contribution in [0, 0.1) is 5.82 Å². The number of hydrogen-bond acceptors (Lipinski definition) is 3. The van der Waals surface area contributed by atoms with Gasteiger partial charge in [0.15, 0.2) is 0 Å². The molecule has 2 N–H and O–H groups in total. The van der Waals surface area contributed by atoms with Gasteiger partial charge in [-0.05, 0) is 18.2 Å². The summed E-state index contributed by atoms with van der Waals surface area (Å²) in [5.74, 6) is 1.39. The van der Waals surface area contributed by atoms with Crippen molar-refractivity contribution in [1.29, 1.82) is 0 Å². The molecule has 0 saturated carbocycles. The Morgan fingerprint density at radius 1 is 1.42 bits per heavy atom. The van der Waals surface area contributed by atoms with Crippen molar-refractivity contribution in [2.45, 2.75) is 6.42 Å². The van der Waals surface area contributed by atoms with Gasteiger partial charge in [0.2, 0.25) is 5.95 Å². The van der Waals surface area contributed by atoms with Crippen LogP contribution in [-0.4, -0.2) is 26.1 Å². The number of rotatable bonds is 4. The number of imidazole rings is 2. The van der Waals surface area contributed by atoms with E-state index in [1.807, 2.05) is 17.8 Å². The van der Waals surface area contributed by atoms with Gasteiger partial charge in [-0.1, -0.05) is 0 Å². The molecule has 2 heterocycles. The molecule has 0 radical (unpaired) electrons. The van der Waals surface area contributed by atoms with Crippen LogP contribution < -0.4 is 5.32 Å². The van der Waals surface area contributed by atoms with Crippen molar-refractivity contribution in [3.63, 3.8) is 0 Å². The Bertz CT molecular complexity index is 700. The zero-order valence-corrected chi connectivity index (χ0v) is 10.5. The van der Waals surface area contributed by atoms with Crippen LogP contribution in [0.25, 0.3) is 11.0 Å². The molecule has 0 aliphatic carbocycles. The van der Waals surface area contributed by atoms with Crippen LogP contribution in [0.2, 0.25) is 0 Å². The maximum Gasteiger partial charge on any atom is 0.201 e. The Morgan fingerprint density at radius 2 is 2.32 bits per heavy atom. The number of H-pyrrole nitrogens is 1. The largest absolute Gasteiger partial charge is 0.355 e. The molecule has 0 unspecified atom stereocenters. The molecule has 98 valence electrons. The second kappa shape index (κ2) is 4.72. The minimum atomic E-state index is -0.268. The van der Waals surface area contributed by atoms with E-state index in [0.717, 1.165) is 17.8 Å². The van der Waals surface area contributed by atoms with E-state index in [0.29, 0.717) is 18.0 Å². The normalized spacial score (nSPS) is 11.1. The van der Waals surface area contributed by atoms with Gasteiger partial charge in [-0.15, -0.1) is 0 Å². The summed E-state index contributed by atoms with van der Waals surface area (Å²) in [6.07, 6.45) is 4.49. The minimum Gasteiger partial charge on any atom is -0.355 e. The fourth-order valence-electron chi connectivity index (χ4n) is 2.00. The van der Waals surface area contributed by atoms with Crippen LogP contribution >= 0.6 is 0 Å². The third-order valence-corrected chi connectivity index (χ3v) is 3.01. The van der Waals surface area contributed by atoms with Crippen LogP contribution in [0.3, 0.4) is 0 Å². The van der Waals surface area contributed by atoms with Crippen molar-refractivity contribution < 1.29 is 4.39 Å². The van der Waals surface area contributed by atoms with E-state index in [4.69, 9.17) is 0 Å². The maximum atomic E-state index is 13.0. The fourth-order valence-corrected chi connectivity index (χ4v) is 2.00. The summed E-state index contributed by atoms with van der Waals surface area (Å²) in [5.41, 5.74) is 1.44. The monoisotopic (exact) mass is 259 g/mol. The first-order valence-corrected chi connectivity index (χ1v) is 6.08. The summed E-state index contributed by atoms with van der Waals surface area (Å²) >= 11 is 0. The molecule has 0 amide bonds. The average Bonchev–Trinajstić information content (AvgIpc) is 2.95. The highest BCUT2D eigenvalue weighted by molar-refractivity contribution is 5.77. The summed E-state index contributed by atoms with van der Waals surface area (Å²) in [6, 6.07) is 4.50. The Morgan fingerprint density at radius 3 is 3.11 bits per heavy atom. The van der Waals surface area contributed by atoms with Crippen LogP contribution in [0.1, 0.15) is 5.82 Å². The first-order valence-electron chi connectivity index (χ1n) is 6.08. The van der Waals surface area contributed by atoms with Gasteiger partial charge in [-0.25, -0.2) is 14.4 Å². The lowest BCUT2D eigenvalue weighted by Crippen LogP contribution is -2.09. The summed E-state index contributed by atoms with van der Waals surface area (Å²) in [5, 5.41) is 3.18. The van der Waals surface area contributed by atoms with Gasteiger partial charge in [0.1, 0.15) is 11.6 Å². The van der Waals surface area contributed by atoms with Gasteiger partial charge < -0.3 is 14.9 Å². The number of nitrogens with one attached hydrogen (secondary N) is 2. The Balaban J connectivity index is 1.67. The average molecular weight is 259 g/mol. The van der Waals surface area contributed by atoms with E-state index in [9.17, 15) is 4.39 Å². The molecule has 3 rings (SSSR count). The van der Waals surface area contributed by atoms with Gasteiger partial charge in [-0.2, -0.15) is 0 Å². The van der Waals surface area contributed by atoms with Crippen LogP contribution in [0.15, 0.2) is 30.6 Å². The van der Waals surface area contributed by atoms with E-state index >= 15 is 0 Å². The zero-order chi connectivity index (χ0) is 13.2. The summed E-state index contributed by atoms with van der Waals surface area (Å²) < 4.78 is 15.0. The van der Waals surface area contributed by atoms with Crippen molar-refractivity contribution in [1.82, 2.24) is 19.5 Å². The molecule has 0 aliphatic heterocycles. The minimum absolute atomic E-state index is 0.268. The van der Waals surface area contributed by atoms with Crippen LogP contribution in [0.5, 0.6) is 0 Å². The van der Waals surface area contributed by atoms with E-state index in [2.05, 4.69) is 20.3 Å². The van der Waals surface area contributed by atoms with E-state index < -0.39 is 0 Å². The molecule has 5 nitrogen and oxygen atoms in total. The first-order chi connectivity index (χ1) is 9.22. The van der Waals surface area contributed by atoms with Gasteiger partial charge in [-0.3, -0.25) is 0 Å². The second-order valence-corrected chi connectivity index (χ2v) is 4.38. The molecule has 2 aromatic heterocycles.